The summed E-state index contributed by atoms with van der Waals surface area (Å²) in [6.45, 7) is 3.01. The van der Waals surface area contributed by atoms with Gasteiger partial charge >= 0.3 is 0 Å². The van der Waals surface area contributed by atoms with E-state index in [0.29, 0.717) is 4.99 Å². The van der Waals surface area contributed by atoms with E-state index in [1.54, 1.807) is 0 Å². The van der Waals surface area contributed by atoms with Gasteiger partial charge < -0.3 is 10.6 Å². The van der Waals surface area contributed by atoms with Gasteiger partial charge in [0.15, 0.2) is 0 Å². The van der Waals surface area contributed by atoms with Gasteiger partial charge in [0.25, 0.3) is 0 Å². The van der Waals surface area contributed by atoms with Gasteiger partial charge in [0.1, 0.15) is 4.99 Å². The summed E-state index contributed by atoms with van der Waals surface area (Å²) in [5, 5.41) is 0. The average Bonchev–Trinajstić information content (AvgIpc) is 2.42. The van der Waals surface area contributed by atoms with Crippen LogP contribution < -0.4 is 10.6 Å². The lowest BCUT2D eigenvalue weighted by atomic mass is 10.1. The maximum absolute atomic E-state index is 5.65. The Balaban J connectivity index is 2.42. The Hall–Kier alpha value is -1.39. The molecule has 0 saturated heterocycles. The van der Waals surface area contributed by atoms with Gasteiger partial charge in [-0.1, -0.05) is 30.4 Å². The Labute approximate surface area is 127 Å². The summed E-state index contributed by atoms with van der Waals surface area (Å²) in [6.07, 6.45) is 0. The number of nitrogens with two attached hydrogens (primary N) is 1. The largest absolute Gasteiger partial charge is 0.389 e. The van der Waals surface area contributed by atoms with Gasteiger partial charge in [0.05, 0.1) is 5.69 Å². The second kappa shape index (κ2) is 6.17. The second-order valence-corrected chi connectivity index (χ2v) is 5.40. The van der Waals surface area contributed by atoms with E-state index in [9.17, 15) is 0 Å². The van der Waals surface area contributed by atoms with Crippen LogP contribution >= 0.6 is 28.1 Å². The first-order chi connectivity index (χ1) is 9.13. The Kier molecular flexibility index (Phi) is 4.56. The molecule has 2 nitrogen and oxygen atoms in total. The van der Waals surface area contributed by atoms with Crippen molar-refractivity contribution >= 4 is 44.5 Å². The number of thiocarbonyl (C=S) groups is 1. The summed E-state index contributed by atoms with van der Waals surface area (Å²) in [5.41, 5.74) is 8.79. The molecule has 0 spiro atoms. The fourth-order valence-electron chi connectivity index (χ4n) is 1.98. The van der Waals surface area contributed by atoms with Crippen molar-refractivity contribution < 1.29 is 0 Å². The lowest BCUT2D eigenvalue weighted by Crippen LogP contribution is -2.17. The van der Waals surface area contributed by atoms with Crippen molar-refractivity contribution in [1.82, 2.24) is 0 Å². The summed E-state index contributed by atoms with van der Waals surface area (Å²) >= 11 is 8.59. The van der Waals surface area contributed by atoms with Gasteiger partial charge in [-0.15, -0.1) is 0 Å². The molecule has 2 aromatic carbocycles. The highest BCUT2D eigenvalue weighted by atomic mass is 79.9. The van der Waals surface area contributed by atoms with Gasteiger partial charge in [-0.05, 0) is 53.2 Å². The quantitative estimate of drug-likeness (QED) is 0.848. The van der Waals surface area contributed by atoms with Crippen LogP contribution in [0.15, 0.2) is 53.0 Å². The highest BCUT2D eigenvalue weighted by Crippen LogP contribution is 2.32. The van der Waals surface area contributed by atoms with Crippen LogP contribution in [-0.2, 0) is 0 Å². The van der Waals surface area contributed by atoms with E-state index in [-0.39, 0.29) is 0 Å². The van der Waals surface area contributed by atoms with Crippen LogP contribution in [-0.4, -0.2) is 11.5 Å². The van der Waals surface area contributed by atoms with Crippen LogP contribution in [0.25, 0.3) is 0 Å². The monoisotopic (exact) mass is 334 g/mol. The van der Waals surface area contributed by atoms with Crippen LogP contribution in [0, 0.1) is 0 Å². The number of hydrogen-bond acceptors (Lipinski definition) is 2. The van der Waals surface area contributed by atoms with E-state index < -0.39 is 0 Å². The number of rotatable bonds is 4. The molecule has 0 aliphatic heterocycles. The SMILES string of the molecule is CCN(c1ccccc1)c1ccc(C(N)=S)cc1Br. The number of halogens is 1. The molecule has 2 rings (SSSR count). The fourth-order valence-corrected chi connectivity index (χ4v) is 2.70. The van der Waals surface area contributed by atoms with Gasteiger partial charge in [0.2, 0.25) is 0 Å². The third kappa shape index (κ3) is 3.14. The number of para-hydroxylation sites is 1. The predicted octanol–water partition coefficient (Wildman–Crippen LogP) is 4.24. The Morgan fingerprint density at radius 2 is 1.89 bits per heavy atom. The van der Waals surface area contributed by atoms with Crippen molar-refractivity contribution in [3.8, 4) is 0 Å². The number of anilines is 2. The van der Waals surface area contributed by atoms with E-state index in [4.69, 9.17) is 18.0 Å². The molecule has 0 aliphatic carbocycles. The molecule has 0 bridgehead atoms. The van der Waals surface area contributed by atoms with Crippen molar-refractivity contribution in [1.29, 1.82) is 0 Å². The summed E-state index contributed by atoms with van der Waals surface area (Å²) in [5.74, 6) is 0. The Bertz CT molecular complexity index is 584. The summed E-state index contributed by atoms with van der Waals surface area (Å²) in [6, 6.07) is 16.2. The van der Waals surface area contributed by atoms with Crippen molar-refractivity contribution in [3.05, 3.63) is 58.6 Å². The van der Waals surface area contributed by atoms with E-state index in [1.807, 2.05) is 36.4 Å². The molecular weight excluding hydrogens is 320 g/mol. The topological polar surface area (TPSA) is 29.3 Å². The molecule has 0 radical (unpaired) electrons. The summed E-state index contributed by atoms with van der Waals surface area (Å²) in [7, 11) is 0. The first kappa shape index (κ1) is 14.0. The molecular formula is C15H15BrN2S. The third-order valence-corrected chi connectivity index (χ3v) is 3.78. The molecule has 0 amide bonds. The lowest BCUT2D eigenvalue weighted by Gasteiger charge is -2.24. The molecule has 0 unspecified atom stereocenters. The van der Waals surface area contributed by atoms with Crippen molar-refractivity contribution in [2.45, 2.75) is 6.92 Å². The van der Waals surface area contributed by atoms with Gasteiger partial charge in [-0.2, -0.15) is 0 Å². The number of benzene rings is 2. The van der Waals surface area contributed by atoms with E-state index in [0.717, 1.165) is 28.0 Å². The minimum absolute atomic E-state index is 0.412. The smallest absolute Gasteiger partial charge is 0.104 e. The number of hydrogen-bond donors (Lipinski definition) is 1. The van der Waals surface area contributed by atoms with Gasteiger partial charge in [-0.25, -0.2) is 0 Å². The van der Waals surface area contributed by atoms with Crippen LogP contribution in [0.2, 0.25) is 0 Å². The standard InChI is InChI=1S/C15H15BrN2S/c1-2-18(12-6-4-3-5-7-12)14-9-8-11(15(17)19)10-13(14)16/h3-10H,2H2,1H3,(H2,17,19). The van der Waals surface area contributed by atoms with Crippen LogP contribution in [0.3, 0.4) is 0 Å². The molecule has 4 heteroatoms. The molecule has 19 heavy (non-hydrogen) atoms. The third-order valence-electron chi connectivity index (χ3n) is 2.91. The fraction of sp³-hybridized carbons (Fsp3) is 0.133. The first-order valence-corrected chi connectivity index (χ1v) is 7.25. The zero-order valence-corrected chi connectivity index (χ0v) is 13.0. The lowest BCUT2D eigenvalue weighted by molar-refractivity contribution is 1.02. The predicted molar refractivity (Wildman–Crippen MR) is 89.2 cm³/mol. The van der Waals surface area contributed by atoms with E-state index in [1.165, 1.54) is 0 Å². The van der Waals surface area contributed by atoms with Gasteiger partial charge in [-0.3, -0.25) is 0 Å². The summed E-state index contributed by atoms with van der Waals surface area (Å²) < 4.78 is 0.989. The zero-order valence-electron chi connectivity index (χ0n) is 10.6. The normalized spacial score (nSPS) is 10.2. The first-order valence-electron chi connectivity index (χ1n) is 6.05. The van der Waals surface area contributed by atoms with Crippen LogP contribution in [0.4, 0.5) is 11.4 Å². The highest BCUT2D eigenvalue weighted by molar-refractivity contribution is 9.10. The van der Waals surface area contributed by atoms with Crippen molar-refractivity contribution in [2.75, 3.05) is 11.4 Å². The van der Waals surface area contributed by atoms with Crippen LogP contribution in [0.5, 0.6) is 0 Å². The highest BCUT2D eigenvalue weighted by Gasteiger charge is 2.11. The van der Waals surface area contributed by atoms with Crippen molar-refractivity contribution in [3.63, 3.8) is 0 Å². The Morgan fingerprint density at radius 1 is 1.21 bits per heavy atom. The summed E-state index contributed by atoms with van der Waals surface area (Å²) in [4.78, 5) is 2.64. The van der Waals surface area contributed by atoms with Crippen molar-refractivity contribution in [2.24, 2.45) is 5.73 Å². The molecule has 2 aromatic rings. The van der Waals surface area contributed by atoms with Crippen LogP contribution in [0.1, 0.15) is 12.5 Å². The molecule has 0 saturated carbocycles. The molecule has 0 atom stereocenters. The second-order valence-electron chi connectivity index (χ2n) is 4.11. The molecule has 2 N–H and O–H groups in total. The molecule has 0 aromatic heterocycles. The maximum Gasteiger partial charge on any atom is 0.104 e. The molecule has 98 valence electrons. The maximum atomic E-state index is 5.65. The minimum atomic E-state index is 0.412. The van der Waals surface area contributed by atoms with E-state index >= 15 is 0 Å². The number of nitrogens with zero attached hydrogens (tertiary/aromatic N) is 1. The molecule has 0 fully saturated rings. The average molecular weight is 335 g/mol. The van der Waals surface area contributed by atoms with Gasteiger partial charge in [0, 0.05) is 22.3 Å². The zero-order chi connectivity index (χ0) is 13.8. The minimum Gasteiger partial charge on any atom is -0.389 e. The van der Waals surface area contributed by atoms with E-state index in [2.05, 4.69) is 39.9 Å². The Morgan fingerprint density at radius 3 is 2.42 bits per heavy atom. The molecule has 0 heterocycles. The molecule has 0 aliphatic rings.